The van der Waals surface area contributed by atoms with Crippen molar-refractivity contribution in [2.24, 2.45) is 5.73 Å². The van der Waals surface area contributed by atoms with Crippen LogP contribution < -0.4 is 10.5 Å². The first kappa shape index (κ1) is 17.0. The van der Waals surface area contributed by atoms with Gasteiger partial charge in [0.25, 0.3) is 5.92 Å². The second-order valence-electron chi connectivity index (χ2n) is 4.52. The monoisotopic (exact) mass is 306 g/mol. The summed E-state index contributed by atoms with van der Waals surface area (Å²) in [6.07, 6.45) is 1.48. The molecule has 1 aromatic carbocycles. The molecule has 0 radical (unpaired) electrons. The number of hydrogen-bond donors (Lipinski definition) is 2. The number of benzene rings is 1. The van der Waals surface area contributed by atoms with Crippen molar-refractivity contribution >= 4 is 10.0 Å². The minimum atomic E-state index is -3.95. The van der Waals surface area contributed by atoms with E-state index in [0.717, 1.165) is 17.5 Å². The minimum absolute atomic E-state index is 0.000582. The minimum Gasteiger partial charge on any atom is -0.325 e. The van der Waals surface area contributed by atoms with Crippen molar-refractivity contribution in [3.05, 3.63) is 29.3 Å². The standard InChI is InChI=1S/C13H20F2N2O2S/c1-3-10-5-6-12(7-11(10)4-2)20(18,19)17-9-13(14,15)8-16/h5-7,17H,3-4,8-9,16H2,1-2H3. The second kappa shape index (κ2) is 6.60. The van der Waals surface area contributed by atoms with Gasteiger partial charge in [-0.2, -0.15) is 0 Å². The number of alkyl halides is 2. The van der Waals surface area contributed by atoms with E-state index < -0.39 is 29.0 Å². The van der Waals surface area contributed by atoms with Gasteiger partial charge in [-0.05, 0) is 36.1 Å². The van der Waals surface area contributed by atoms with Gasteiger partial charge in [-0.15, -0.1) is 0 Å². The van der Waals surface area contributed by atoms with Gasteiger partial charge in [0.2, 0.25) is 10.0 Å². The molecule has 114 valence electrons. The smallest absolute Gasteiger partial charge is 0.273 e. The fraction of sp³-hybridized carbons (Fsp3) is 0.538. The molecule has 0 aliphatic rings. The molecule has 7 heteroatoms. The molecule has 0 aliphatic carbocycles. The van der Waals surface area contributed by atoms with Crippen LogP contribution in [0.15, 0.2) is 23.1 Å². The SMILES string of the molecule is CCc1ccc(S(=O)(=O)NCC(F)(F)CN)cc1CC. The zero-order valence-electron chi connectivity index (χ0n) is 11.6. The summed E-state index contributed by atoms with van der Waals surface area (Å²) in [4.78, 5) is -0.000582. The highest BCUT2D eigenvalue weighted by molar-refractivity contribution is 7.89. The molecular weight excluding hydrogens is 286 g/mol. The van der Waals surface area contributed by atoms with Gasteiger partial charge in [-0.1, -0.05) is 19.9 Å². The molecule has 1 aromatic rings. The van der Waals surface area contributed by atoms with Crippen molar-refractivity contribution < 1.29 is 17.2 Å². The van der Waals surface area contributed by atoms with E-state index in [-0.39, 0.29) is 4.90 Å². The van der Waals surface area contributed by atoms with E-state index in [0.29, 0.717) is 6.42 Å². The predicted octanol–water partition coefficient (Wildman–Crippen LogP) is 1.68. The average Bonchev–Trinajstić information content (AvgIpc) is 2.44. The third kappa shape index (κ3) is 4.22. The molecule has 0 atom stereocenters. The molecule has 0 bridgehead atoms. The van der Waals surface area contributed by atoms with E-state index >= 15 is 0 Å². The van der Waals surface area contributed by atoms with E-state index in [9.17, 15) is 17.2 Å². The summed E-state index contributed by atoms with van der Waals surface area (Å²) in [5, 5.41) is 0. The zero-order valence-corrected chi connectivity index (χ0v) is 12.4. The van der Waals surface area contributed by atoms with Crippen LogP contribution >= 0.6 is 0 Å². The van der Waals surface area contributed by atoms with Crippen LogP contribution in [-0.2, 0) is 22.9 Å². The largest absolute Gasteiger partial charge is 0.325 e. The van der Waals surface area contributed by atoms with Gasteiger partial charge in [0.1, 0.15) is 0 Å². The summed E-state index contributed by atoms with van der Waals surface area (Å²) in [7, 11) is -3.95. The number of nitrogens with two attached hydrogens (primary N) is 1. The lowest BCUT2D eigenvalue weighted by Crippen LogP contribution is -2.41. The third-order valence-electron chi connectivity index (χ3n) is 3.07. The molecule has 0 aromatic heterocycles. The summed E-state index contributed by atoms with van der Waals surface area (Å²) < 4.78 is 51.9. The Bertz CT molecular complexity index is 559. The van der Waals surface area contributed by atoms with Gasteiger partial charge in [-0.25, -0.2) is 21.9 Å². The molecule has 0 spiro atoms. The lowest BCUT2D eigenvalue weighted by Gasteiger charge is -2.15. The maximum absolute atomic E-state index is 13.0. The maximum atomic E-state index is 13.0. The first-order valence-corrected chi connectivity index (χ1v) is 7.93. The third-order valence-corrected chi connectivity index (χ3v) is 4.47. The fourth-order valence-electron chi connectivity index (χ4n) is 1.80. The number of hydrogen-bond acceptors (Lipinski definition) is 3. The van der Waals surface area contributed by atoms with Crippen molar-refractivity contribution in [1.29, 1.82) is 0 Å². The Balaban J connectivity index is 2.98. The summed E-state index contributed by atoms with van der Waals surface area (Å²) in [6, 6.07) is 4.68. The van der Waals surface area contributed by atoms with Crippen LogP contribution in [0.1, 0.15) is 25.0 Å². The Hall–Kier alpha value is -1.05. The van der Waals surface area contributed by atoms with E-state index in [1.165, 1.54) is 12.1 Å². The normalized spacial score (nSPS) is 12.7. The lowest BCUT2D eigenvalue weighted by molar-refractivity contribution is 0.0170. The molecule has 0 fully saturated rings. The molecule has 20 heavy (non-hydrogen) atoms. The molecular formula is C13H20F2N2O2S. The zero-order chi connectivity index (χ0) is 15.4. The Morgan fingerprint density at radius 3 is 2.30 bits per heavy atom. The van der Waals surface area contributed by atoms with Crippen LogP contribution in [0.3, 0.4) is 0 Å². The van der Waals surface area contributed by atoms with Crippen molar-refractivity contribution in [3.8, 4) is 0 Å². The van der Waals surface area contributed by atoms with Crippen LogP contribution in [0, 0.1) is 0 Å². The highest BCUT2D eigenvalue weighted by Gasteiger charge is 2.29. The predicted molar refractivity (Wildman–Crippen MR) is 74.4 cm³/mol. The van der Waals surface area contributed by atoms with Gasteiger partial charge < -0.3 is 5.73 Å². The lowest BCUT2D eigenvalue weighted by atomic mass is 10.0. The fourth-order valence-corrected chi connectivity index (χ4v) is 2.91. The first-order valence-electron chi connectivity index (χ1n) is 6.45. The molecule has 0 saturated carbocycles. The van der Waals surface area contributed by atoms with Crippen LogP contribution in [0.5, 0.6) is 0 Å². The molecule has 0 heterocycles. The summed E-state index contributed by atoms with van der Waals surface area (Å²) in [5.74, 6) is -3.25. The van der Waals surface area contributed by atoms with Crippen molar-refractivity contribution in [2.45, 2.75) is 37.5 Å². The Morgan fingerprint density at radius 1 is 1.20 bits per heavy atom. The summed E-state index contributed by atoms with van der Waals surface area (Å²) in [6.45, 7) is 2.00. The second-order valence-corrected chi connectivity index (χ2v) is 6.29. The molecule has 0 amide bonds. The van der Waals surface area contributed by atoms with Crippen molar-refractivity contribution in [3.63, 3.8) is 0 Å². The van der Waals surface area contributed by atoms with Crippen LogP contribution in [0.4, 0.5) is 8.78 Å². The number of halogens is 2. The van der Waals surface area contributed by atoms with Gasteiger partial charge in [0.05, 0.1) is 18.0 Å². The Labute approximate surface area is 118 Å². The van der Waals surface area contributed by atoms with Gasteiger partial charge in [0, 0.05) is 0 Å². The molecule has 0 saturated heterocycles. The number of rotatable bonds is 7. The average molecular weight is 306 g/mol. The van der Waals surface area contributed by atoms with E-state index in [2.05, 4.69) is 0 Å². The van der Waals surface area contributed by atoms with Crippen LogP contribution in [0.2, 0.25) is 0 Å². The number of aryl methyl sites for hydroxylation is 2. The highest BCUT2D eigenvalue weighted by Crippen LogP contribution is 2.18. The van der Waals surface area contributed by atoms with Gasteiger partial charge in [0.15, 0.2) is 0 Å². The maximum Gasteiger partial charge on any atom is 0.273 e. The van der Waals surface area contributed by atoms with Gasteiger partial charge in [-0.3, -0.25) is 0 Å². The topological polar surface area (TPSA) is 72.2 Å². The summed E-state index contributed by atoms with van der Waals surface area (Å²) in [5.41, 5.74) is 6.83. The quantitative estimate of drug-likeness (QED) is 0.805. The van der Waals surface area contributed by atoms with E-state index in [1.54, 1.807) is 6.07 Å². The molecule has 0 unspecified atom stereocenters. The number of sulfonamides is 1. The van der Waals surface area contributed by atoms with Crippen LogP contribution in [0.25, 0.3) is 0 Å². The van der Waals surface area contributed by atoms with E-state index in [4.69, 9.17) is 5.73 Å². The van der Waals surface area contributed by atoms with Crippen molar-refractivity contribution in [2.75, 3.05) is 13.1 Å². The molecule has 1 rings (SSSR count). The Morgan fingerprint density at radius 2 is 1.80 bits per heavy atom. The molecule has 0 aliphatic heterocycles. The van der Waals surface area contributed by atoms with Crippen molar-refractivity contribution in [1.82, 2.24) is 4.72 Å². The van der Waals surface area contributed by atoms with E-state index in [1.807, 2.05) is 18.6 Å². The highest BCUT2D eigenvalue weighted by atomic mass is 32.2. The summed E-state index contributed by atoms with van der Waals surface area (Å²) >= 11 is 0. The Kier molecular flexibility index (Phi) is 5.61. The molecule has 3 N–H and O–H groups in total. The molecule has 4 nitrogen and oxygen atoms in total. The number of nitrogens with one attached hydrogen (secondary N) is 1. The first-order chi connectivity index (χ1) is 9.25. The van der Waals surface area contributed by atoms with Crippen LogP contribution in [-0.4, -0.2) is 27.4 Å². The van der Waals surface area contributed by atoms with Gasteiger partial charge >= 0.3 is 0 Å².